The number of ether oxygens (including phenoxy) is 1. The van der Waals surface area contributed by atoms with Crippen LogP contribution < -0.4 is 0 Å². The zero-order valence-corrected chi connectivity index (χ0v) is 13.6. The topological polar surface area (TPSA) is 46.5 Å². The van der Waals surface area contributed by atoms with Crippen molar-refractivity contribution in [3.05, 3.63) is 0 Å². The molecule has 0 aromatic heterocycles. The van der Waals surface area contributed by atoms with Crippen molar-refractivity contribution in [3.8, 4) is 0 Å². The van der Waals surface area contributed by atoms with Gasteiger partial charge in [-0.25, -0.2) is 4.79 Å². The van der Waals surface area contributed by atoms with Crippen molar-refractivity contribution in [2.24, 2.45) is 17.8 Å². The van der Waals surface area contributed by atoms with Gasteiger partial charge in [-0.05, 0) is 49.9 Å². The van der Waals surface area contributed by atoms with Crippen molar-refractivity contribution in [1.82, 2.24) is 0 Å². The van der Waals surface area contributed by atoms with Crippen molar-refractivity contribution in [3.63, 3.8) is 0 Å². The number of carbonyl (C=O) groups is 1. The number of rotatable bonds is 7. The maximum atomic E-state index is 10.7. The van der Waals surface area contributed by atoms with E-state index in [2.05, 4.69) is 6.92 Å². The third-order valence-corrected chi connectivity index (χ3v) is 5.66. The molecule has 0 amide bonds. The fourth-order valence-electron chi connectivity index (χ4n) is 4.49. The van der Waals surface area contributed by atoms with Crippen LogP contribution in [-0.4, -0.2) is 17.4 Å². The van der Waals surface area contributed by atoms with Gasteiger partial charge < -0.3 is 9.84 Å². The van der Waals surface area contributed by atoms with Gasteiger partial charge in [-0.1, -0.05) is 51.9 Å². The van der Waals surface area contributed by atoms with Crippen LogP contribution in [0.3, 0.4) is 0 Å². The molecule has 0 aliphatic heterocycles. The van der Waals surface area contributed by atoms with Crippen molar-refractivity contribution >= 4 is 6.16 Å². The quantitative estimate of drug-likeness (QED) is 0.489. The molecule has 21 heavy (non-hydrogen) atoms. The summed E-state index contributed by atoms with van der Waals surface area (Å²) in [5.41, 5.74) is 0. The lowest BCUT2D eigenvalue weighted by molar-refractivity contribution is -0.00415. The van der Waals surface area contributed by atoms with E-state index in [-0.39, 0.29) is 6.10 Å². The smallest absolute Gasteiger partial charge is 0.450 e. The molecule has 2 aliphatic rings. The zero-order valence-electron chi connectivity index (χ0n) is 13.6. The van der Waals surface area contributed by atoms with Crippen molar-refractivity contribution in [2.45, 2.75) is 90.1 Å². The van der Waals surface area contributed by atoms with Gasteiger partial charge in [0, 0.05) is 0 Å². The highest BCUT2D eigenvalue weighted by Crippen LogP contribution is 2.44. The first-order valence-electron chi connectivity index (χ1n) is 9.08. The molecule has 3 heteroatoms. The van der Waals surface area contributed by atoms with Gasteiger partial charge in [-0.15, -0.1) is 0 Å². The molecule has 2 rings (SSSR count). The van der Waals surface area contributed by atoms with E-state index in [4.69, 9.17) is 9.84 Å². The maximum Gasteiger partial charge on any atom is 0.506 e. The Balaban J connectivity index is 1.65. The predicted octanol–water partition coefficient (Wildman–Crippen LogP) is 5.63. The summed E-state index contributed by atoms with van der Waals surface area (Å²) in [6.07, 6.45) is 14.4. The lowest BCUT2D eigenvalue weighted by atomic mass is 9.66. The number of hydrogen-bond donors (Lipinski definition) is 1. The summed E-state index contributed by atoms with van der Waals surface area (Å²) in [7, 11) is 0. The van der Waals surface area contributed by atoms with Gasteiger partial charge in [0.2, 0.25) is 0 Å². The summed E-state index contributed by atoms with van der Waals surface area (Å²) in [6, 6.07) is 0. The zero-order chi connectivity index (χ0) is 15.1. The fourth-order valence-corrected chi connectivity index (χ4v) is 4.49. The summed E-state index contributed by atoms with van der Waals surface area (Å²) in [6.45, 7) is 2.27. The molecule has 1 N–H and O–H groups in total. The van der Waals surface area contributed by atoms with Gasteiger partial charge >= 0.3 is 6.16 Å². The Morgan fingerprint density at radius 3 is 2.48 bits per heavy atom. The molecule has 0 saturated heterocycles. The van der Waals surface area contributed by atoms with Gasteiger partial charge in [0.15, 0.2) is 0 Å². The Bertz CT molecular complexity index is 316. The van der Waals surface area contributed by atoms with E-state index in [1.54, 1.807) is 0 Å². The van der Waals surface area contributed by atoms with Crippen LogP contribution in [0.15, 0.2) is 0 Å². The van der Waals surface area contributed by atoms with Gasteiger partial charge in [-0.2, -0.15) is 0 Å². The first-order chi connectivity index (χ1) is 10.2. The van der Waals surface area contributed by atoms with Crippen molar-refractivity contribution in [2.75, 3.05) is 0 Å². The largest absolute Gasteiger partial charge is 0.506 e. The Kier molecular flexibility index (Phi) is 6.85. The Labute approximate surface area is 129 Å². The second-order valence-corrected chi connectivity index (χ2v) is 7.22. The van der Waals surface area contributed by atoms with E-state index in [9.17, 15) is 4.79 Å². The van der Waals surface area contributed by atoms with Crippen molar-refractivity contribution in [1.29, 1.82) is 0 Å². The third-order valence-electron chi connectivity index (χ3n) is 5.66. The Morgan fingerprint density at radius 2 is 1.71 bits per heavy atom. The minimum Gasteiger partial charge on any atom is -0.450 e. The van der Waals surface area contributed by atoms with Gasteiger partial charge in [0.1, 0.15) is 6.10 Å². The molecule has 2 fully saturated rings. The second kappa shape index (κ2) is 8.65. The lowest BCUT2D eigenvalue weighted by Crippen LogP contribution is -2.35. The standard InChI is InChI=1S/C18H32O3/c1-2-3-4-5-6-7-14-8-9-16-13-17(21-18(19)20)11-10-15(16)12-14/h14-17H,2-13H2,1H3,(H,19,20)/t14?,15-,16?,17-/m1/s1. The monoisotopic (exact) mass is 296 g/mol. The third kappa shape index (κ3) is 5.52. The summed E-state index contributed by atoms with van der Waals surface area (Å²) >= 11 is 0. The number of hydrogen-bond acceptors (Lipinski definition) is 2. The van der Waals surface area contributed by atoms with E-state index in [0.29, 0.717) is 0 Å². The first-order valence-corrected chi connectivity index (χ1v) is 9.08. The highest BCUT2D eigenvalue weighted by atomic mass is 16.7. The molecule has 4 atom stereocenters. The molecule has 2 saturated carbocycles. The second-order valence-electron chi connectivity index (χ2n) is 7.22. The van der Waals surface area contributed by atoms with E-state index in [1.807, 2.05) is 0 Å². The molecule has 0 aromatic rings. The molecule has 122 valence electrons. The maximum absolute atomic E-state index is 10.7. The summed E-state index contributed by atoms with van der Waals surface area (Å²) in [4.78, 5) is 10.7. The first kappa shape index (κ1) is 16.6. The van der Waals surface area contributed by atoms with Gasteiger partial charge in [0.05, 0.1) is 0 Å². The molecule has 2 aliphatic carbocycles. The SMILES string of the molecule is CCCCCCCC1CCC2C[C@H](OC(=O)O)CC[C@@H]2C1. The molecule has 0 aromatic carbocycles. The van der Waals surface area contributed by atoms with Crippen LogP contribution in [0.25, 0.3) is 0 Å². The highest BCUT2D eigenvalue weighted by molar-refractivity contribution is 5.57. The Morgan fingerprint density at radius 1 is 1.00 bits per heavy atom. The van der Waals surface area contributed by atoms with Gasteiger partial charge in [-0.3, -0.25) is 0 Å². The molecule has 3 nitrogen and oxygen atoms in total. The van der Waals surface area contributed by atoms with E-state index in [0.717, 1.165) is 30.6 Å². The van der Waals surface area contributed by atoms with E-state index >= 15 is 0 Å². The van der Waals surface area contributed by atoms with Crippen molar-refractivity contribution < 1.29 is 14.6 Å². The van der Waals surface area contributed by atoms with Crippen LogP contribution in [0.1, 0.15) is 84.0 Å². The molecule has 0 spiro atoms. The molecular formula is C18H32O3. The average Bonchev–Trinajstić information content (AvgIpc) is 2.46. The summed E-state index contributed by atoms with van der Waals surface area (Å²) in [5, 5.41) is 8.74. The number of unbranched alkanes of at least 4 members (excludes halogenated alkanes) is 4. The van der Waals surface area contributed by atoms with E-state index < -0.39 is 6.16 Å². The van der Waals surface area contributed by atoms with E-state index in [1.165, 1.54) is 64.2 Å². The molecule has 0 radical (unpaired) electrons. The highest BCUT2D eigenvalue weighted by Gasteiger charge is 2.36. The minimum absolute atomic E-state index is 0.0330. The Hall–Kier alpha value is -0.730. The van der Waals surface area contributed by atoms with Crippen LogP contribution in [0.2, 0.25) is 0 Å². The molecule has 2 unspecified atom stereocenters. The van der Waals surface area contributed by atoms with Crippen LogP contribution in [0, 0.1) is 17.8 Å². The number of carboxylic acid groups (broad SMARTS) is 1. The van der Waals surface area contributed by atoms with Crippen LogP contribution in [0.4, 0.5) is 4.79 Å². The van der Waals surface area contributed by atoms with Gasteiger partial charge in [0.25, 0.3) is 0 Å². The van der Waals surface area contributed by atoms with Crippen LogP contribution >= 0.6 is 0 Å². The van der Waals surface area contributed by atoms with Crippen LogP contribution in [-0.2, 0) is 4.74 Å². The average molecular weight is 296 g/mol. The molecule has 0 bridgehead atoms. The predicted molar refractivity (Wildman–Crippen MR) is 84.4 cm³/mol. The normalized spacial score (nSPS) is 32.4. The molecular weight excluding hydrogens is 264 g/mol. The number of fused-ring (bicyclic) bond motifs is 1. The lowest BCUT2D eigenvalue weighted by Gasteiger charge is -2.41. The summed E-state index contributed by atoms with van der Waals surface area (Å²) in [5.74, 6) is 2.50. The summed E-state index contributed by atoms with van der Waals surface area (Å²) < 4.78 is 4.99. The minimum atomic E-state index is -1.10. The molecule has 0 heterocycles. The fraction of sp³-hybridized carbons (Fsp3) is 0.944. The van der Waals surface area contributed by atoms with Crippen LogP contribution in [0.5, 0.6) is 0 Å².